The second-order valence-electron chi connectivity index (χ2n) is 22.1. The van der Waals surface area contributed by atoms with Crippen molar-refractivity contribution < 1.29 is 37.8 Å². The largest absolute Gasteiger partial charge is 0.498 e. The Hall–Kier alpha value is -7.51. The minimum Gasteiger partial charge on any atom is -0.491 e. The summed E-state index contributed by atoms with van der Waals surface area (Å²) in [5.74, 6) is 5.31. The van der Waals surface area contributed by atoms with E-state index in [-0.39, 0.29) is 47.1 Å². The van der Waals surface area contributed by atoms with Crippen molar-refractivity contribution in [3.05, 3.63) is 83.5 Å². The van der Waals surface area contributed by atoms with E-state index < -0.39 is 7.12 Å². The molecule has 0 spiro atoms. The maximum atomic E-state index is 11.9. The summed E-state index contributed by atoms with van der Waals surface area (Å²) in [6.07, 6.45) is 9.33. The van der Waals surface area contributed by atoms with E-state index in [2.05, 4.69) is 88.2 Å². The molecule has 8 aromatic rings. The molecule has 0 amide bonds. The van der Waals surface area contributed by atoms with Gasteiger partial charge < -0.3 is 37.4 Å². The van der Waals surface area contributed by atoms with Gasteiger partial charge in [0.2, 0.25) is 0 Å². The molecular weight excluding hydrogens is 1110 g/mol. The Kier molecular flexibility index (Phi) is 17.7. The molecular formula is C57H73BBrN15O8. The first-order valence-electron chi connectivity index (χ1n) is 27.9. The normalized spacial score (nSPS) is 15.5. The van der Waals surface area contributed by atoms with Crippen LogP contribution in [-0.2, 0) is 54.6 Å². The lowest BCUT2D eigenvalue weighted by atomic mass is 9.82. The predicted octanol–water partition coefficient (Wildman–Crippen LogP) is 8.78. The van der Waals surface area contributed by atoms with E-state index in [1.54, 1.807) is 37.8 Å². The molecule has 1 fully saturated rings. The summed E-state index contributed by atoms with van der Waals surface area (Å²) in [5.41, 5.74) is 5.20. The van der Waals surface area contributed by atoms with Crippen LogP contribution in [0.15, 0.2) is 71.9 Å². The van der Waals surface area contributed by atoms with Gasteiger partial charge in [0.05, 0.1) is 79.8 Å². The van der Waals surface area contributed by atoms with E-state index in [1.165, 1.54) is 4.80 Å². The van der Waals surface area contributed by atoms with Gasteiger partial charge in [-0.25, -0.2) is 29.3 Å². The van der Waals surface area contributed by atoms with E-state index in [1.807, 2.05) is 113 Å². The molecule has 2 aromatic carbocycles. The number of benzene rings is 2. The first kappa shape index (κ1) is 59.1. The molecule has 82 heavy (non-hydrogen) atoms. The van der Waals surface area contributed by atoms with Crippen LogP contribution in [0.4, 0.5) is 0 Å². The monoisotopic (exact) mass is 1190 g/mol. The van der Waals surface area contributed by atoms with Gasteiger partial charge in [0.1, 0.15) is 65.1 Å². The number of esters is 2. The number of fused-ring (bicyclic) bond motifs is 6. The van der Waals surface area contributed by atoms with E-state index in [9.17, 15) is 9.59 Å². The van der Waals surface area contributed by atoms with Gasteiger partial charge >= 0.3 is 19.1 Å². The van der Waals surface area contributed by atoms with E-state index >= 15 is 0 Å². The van der Waals surface area contributed by atoms with Crippen molar-refractivity contribution in [3.8, 4) is 68.6 Å². The fourth-order valence-electron chi connectivity index (χ4n) is 9.38. The summed E-state index contributed by atoms with van der Waals surface area (Å²) >= 11 is 3.50. The maximum absolute atomic E-state index is 11.9. The maximum Gasteiger partial charge on any atom is 0.498 e. The zero-order chi connectivity index (χ0) is 58.8. The number of aromatic nitrogens is 15. The Morgan fingerprint density at radius 3 is 1.67 bits per heavy atom. The van der Waals surface area contributed by atoms with Crippen LogP contribution in [0.1, 0.15) is 107 Å². The molecule has 3 aliphatic rings. The Bertz CT molecular complexity index is 3540. The number of imidazole rings is 2. The van der Waals surface area contributed by atoms with Gasteiger partial charge in [0.15, 0.2) is 11.6 Å². The lowest BCUT2D eigenvalue weighted by Crippen LogP contribution is -2.41. The second kappa shape index (κ2) is 24.5. The molecule has 2 atom stereocenters. The van der Waals surface area contributed by atoms with Gasteiger partial charge in [-0.2, -0.15) is 30.3 Å². The molecule has 0 bridgehead atoms. The molecule has 11 rings (SSSR count). The number of rotatable bonds is 14. The molecule has 0 aliphatic carbocycles. The van der Waals surface area contributed by atoms with Gasteiger partial charge in [-0.1, -0.05) is 35.8 Å². The van der Waals surface area contributed by atoms with Crippen LogP contribution in [-0.4, -0.2) is 130 Å². The van der Waals surface area contributed by atoms with Crippen molar-refractivity contribution in [3.63, 3.8) is 0 Å². The fourth-order valence-corrected chi connectivity index (χ4v) is 9.72. The van der Waals surface area contributed by atoms with Gasteiger partial charge in [-0.3, -0.25) is 14.3 Å². The number of carbonyl (C=O) groups is 2. The number of hydrogen-bond acceptors (Lipinski definition) is 17. The lowest BCUT2D eigenvalue weighted by molar-refractivity contribution is -0.148. The number of aryl methyl sites for hydroxylation is 2. The van der Waals surface area contributed by atoms with Gasteiger partial charge in [0, 0.05) is 52.4 Å². The molecule has 23 nitrogen and oxygen atoms in total. The summed E-state index contributed by atoms with van der Waals surface area (Å²) < 4.78 is 44.8. The highest BCUT2D eigenvalue weighted by Crippen LogP contribution is 2.39. The quantitative estimate of drug-likeness (QED) is 0.0730. The number of halogens is 1. The standard InChI is InChI=1S/C25H30N8O3.C17H18BrN5O.C15H25BN2O4/c1-6-35-25(34)16(4)13-32-26-12-20(30-32)18-7-8-19-22(11-18)36-10-9-31-14-21(28-23(19)31)24-27-17(5)29-33(24)15(2)3;1-10(2)23-17(19-11(3)21-23)14-9-22-6-7-24-15-8-12(18)4-5-13(15)16(22)20-14;1-7-20-13(19)11(2)9-18-10-12(8-17-18)16-21-14(3,4)15(5,6)22-16/h7-8,11-12,14-16H,6,9-10,13H2,1-5H3;4-5,8-10H,6-7H2,1-3H3;8,10-11H,7,9H2,1-6H3. The van der Waals surface area contributed by atoms with Gasteiger partial charge in [0.25, 0.3) is 0 Å². The van der Waals surface area contributed by atoms with E-state index in [4.69, 9.17) is 38.2 Å². The molecule has 0 saturated carbocycles. The van der Waals surface area contributed by atoms with Crippen molar-refractivity contribution in [1.82, 2.24) is 73.4 Å². The first-order chi connectivity index (χ1) is 39.0. The van der Waals surface area contributed by atoms with Crippen molar-refractivity contribution in [2.45, 2.75) is 146 Å². The molecule has 6 aromatic heterocycles. The SMILES string of the molecule is CCOC(=O)C(C)Cn1cc(B2OC(C)(C)C(C)(C)O2)cn1.CCOC(=O)C(C)Cn1ncc(-c2ccc3c(c2)OCCn2cc(-c4nc(C)nn4C(C)C)nc2-3)n1.Cc1nc(-c2cn3c(n2)-c2ccc(Br)cc2OCC3)n(C(C)C)n1. The minimum absolute atomic E-state index is 0.176. The number of ether oxygens (including phenoxy) is 4. The van der Waals surface area contributed by atoms with Crippen LogP contribution in [0, 0.1) is 25.7 Å². The number of hydrogen-bond donors (Lipinski definition) is 0. The Morgan fingerprint density at radius 2 is 1.15 bits per heavy atom. The highest BCUT2D eigenvalue weighted by molar-refractivity contribution is 9.10. The Balaban J connectivity index is 0.000000155. The third kappa shape index (κ3) is 12.9. The third-order valence-electron chi connectivity index (χ3n) is 14.3. The molecule has 9 heterocycles. The van der Waals surface area contributed by atoms with Crippen LogP contribution in [0.2, 0.25) is 0 Å². The minimum atomic E-state index is -0.434. The van der Waals surface area contributed by atoms with Gasteiger partial charge in [-0.05, 0) is 113 Å². The topological polar surface area (TPSA) is 235 Å². The molecule has 1 saturated heterocycles. The van der Waals surface area contributed by atoms with Crippen molar-refractivity contribution in [1.29, 1.82) is 0 Å². The lowest BCUT2D eigenvalue weighted by Gasteiger charge is -2.32. The van der Waals surface area contributed by atoms with Crippen LogP contribution >= 0.6 is 15.9 Å². The van der Waals surface area contributed by atoms with Gasteiger partial charge in [-0.15, -0.1) is 0 Å². The van der Waals surface area contributed by atoms with Crippen LogP contribution < -0.4 is 14.9 Å². The highest BCUT2D eigenvalue weighted by atomic mass is 79.9. The number of carbonyl (C=O) groups excluding carboxylic acids is 2. The summed E-state index contributed by atoms with van der Waals surface area (Å²) in [7, 11) is -0.434. The summed E-state index contributed by atoms with van der Waals surface area (Å²) in [6.45, 7) is 31.5. The van der Waals surface area contributed by atoms with Crippen LogP contribution in [0.5, 0.6) is 11.5 Å². The average Bonchev–Trinajstić information content (AvgIpc) is 3.35. The summed E-state index contributed by atoms with van der Waals surface area (Å²) in [5, 5.41) is 22.2. The molecule has 0 N–H and O–H groups in total. The third-order valence-corrected chi connectivity index (χ3v) is 14.8. The smallest absolute Gasteiger partial charge is 0.491 e. The van der Waals surface area contributed by atoms with Crippen molar-refractivity contribution >= 4 is 40.4 Å². The highest BCUT2D eigenvalue weighted by Gasteiger charge is 2.52. The van der Waals surface area contributed by atoms with Crippen molar-refractivity contribution in [2.75, 3.05) is 26.4 Å². The predicted molar refractivity (Wildman–Crippen MR) is 311 cm³/mol. The average molecular weight is 1190 g/mol. The van der Waals surface area contributed by atoms with Crippen LogP contribution in [0.25, 0.3) is 57.1 Å². The summed E-state index contributed by atoms with van der Waals surface area (Å²) in [4.78, 5) is 44.1. The Morgan fingerprint density at radius 1 is 0.634 bits per heavy atom. The molecule has 434 valence electrons. The molecule has 0 radical (unpaired) electrons. The van der Waals surface area contributed by atoms with E-state index in [0.29, 0.717) is 51.8 Å². The van der Waals surface area contributed by atoms with Crippen LogP contribution in [0.3, 0.4) is 0 Å². The van der Waals surface area contributed by atoms with E-state index in [0.717, 1.165) is 91.0 Å². The summed E-state index contributed by atoms with van der Waals surface area (Å²) in [6, 6.07) is 12.4. The zero-order valence-corrected chi connectivity index (χ0v) is 50.8. The Labute approximate surface area is 486 Å². The molecule has 25 heteroatoms. The molecule has 3 aliphatic heterocycles. The first-order valence-corrected chi connectivity index (χ1v) is 28.6. The number of nitrogens with zero attached hydrogens (tertiary/aromatic N) is 15. The van der Waals surface area contributed by atoms with Crippen molar-refractivity contribution in [2.24, 2.45) is 11.8 Å². The second-order valence-corrected chi connectivity index (χ2v) is 23.0. The zero-order valence-electron chi connectivity index (χ0n) is 49.2. The fraction of sp³-hybridized carbons (Fsp3) is 0.491. The molecule has 2 unspecified atom stereocenters.